The van der Waals surface area contributed by atoms with Gasteiger partial charge in [0.1, 0.15) is 0 Å². The van der Waals surface area contributed by atoms with Crippen molar-refractivity contribution in [2.24, 2.45) is 5.92 Å². The molecule has 6 heteroatoms. The molecule has 0 radical (unpaired) electrons. The summed E-state index contributed by atoms with van der Waals surface area (Å²) in [4.78, 5) is 34.3. The zero-order valence-corrected chi connectivity index (χ0v) is 18.5. The van der Waals surface area contributed by atoms with Crippen molar-refractivity contribution in [1.29, 1.82) is 0 Å². The van der Waals surface area contributed by atoms with E-state index in [4.69, 9.17) is 0 Å². The molecular formula is C24H31N3O2S. The van der Waals surface area contributed by atoms with Gasteiger partial charge in [0.15, 0.2) is 0 Å². The third-order valence-corrected chi connectivity index (χ3v) is 6.60. The predicted molar refractivity (Wildman–Crippen MR) is 121 cm³/mol. The van der Waals surface area contributed by atoms with Gasteiger partial charge >= 0.3 is 0 Å². The molecule has 1 saturated heterocycles. The minimum absolute atomic E-state index is 0.175. The summed E-state index contributed by atoms with van der Waals surface area (Å²) >= 11 is 1.59. The van der Waals surface area contributed by atoms with Gasteiger partial charge in [-0.05, 0) is 49.4 Å². The number of nitrogens with zero attached hydrogens (tertiary/aromatic N) is 3. The first-order valence-corrected chi connectivity index (χ1v) is 11.7. The summed E-state index contributed by atoms with van der Waals surface area (Å²) in [6, 6.07) is 15.9. The van der Waals surface area contributed by atoms with Gasteiger partial charge in [-0.1, -0.05) is 24.3 Å². The number of likely N-dealkylation sites (N-methyl/N-ethyl adjacent to an activating group) is 1. The van der Waals surface area contributed by atoms with E-state index in [-0.39, 0.29) is 11.8 Å². The van der Waals surface area contributed by atoms with E-state index in [9.17, 15) is 9.59 Å². The molecule has 0 aliphatic carbocycles. The molecule has 160 valence electrons. The Morgan fingerprint density at radius 2 is 1.97 bits per heavy atom. The van der Waals surface area contributed by atoms with Crippen molar-refractivity contribution in [3.8, 4) is 0 Å². The molecule has 0 saturated carbocycles. The molecule has 2 aromatic rings. The molecule has 0 unspecified atom stereocenters. The average molecular weight is 426 g/mol. The molecular weight excluding hydrogens is 394 g/mol. The Bertz CT molecular complexity index is 801. The fraction of sp³-hybridized carbons (Fsp3) is 0.458. The highest BCUT2D eigenvalue weighted by molar-refractivity contribution is 8.00. The van der Waals surface area contributed by atoms with Crippen LogP contribution in [-0.4, -0.2) is 59.0 Å². The Morgan fingerprint density at radius 3 is 2.73 bits per heavy atom. The maximum absolute atomic E-state index is 12.6. The van der Waals surface area contributed by atoms with Crippen molar-refractivity contribution in [3.63, 3.8) is 0 Å². The lowest BCUT2D eigenvalue weighted by Crippen LogP contribution is -2.41. The van der Waals surface area contributed by atoms with E-state index < -0.39 is 0 Å². The van der Waals surface area contributed by atoms with Crippen molar-refractivity contribution >= 4 is 23.6 Å². The van der Waals surface area contributed by atoms with Crippen molar-refractivity contribution in [3.05, 3.63) is 60.4 Å². The molecule has 0 spiro atoms. The van der Waals surface area contributed by atoms with Gasteiger partial charge in [0, 0.05) is 56.3 Å². The molecule has 1 aromatic heterocycles. The number of carbonyl (C=O) groups excluding carboxylic acids is 2. The number of piperidine rings is 1. The molecule has 1 fully saturated rings. The number of rotatable bonds is 9. The van der Waals surface area contributed by atoms with Crippen LogP contribution in [0.15, 0.2) is 59.6 Å². The monoisotopic (exact) mass is 425 g/mol. The van der Waals surface area contributed by atoms with Gasteiger partial charge in [0.2, 0.25) is 11.8 Å². The molecule has 2 heterocycles. The third kappa shape index (κ3) is 7.17. The number of carbonyl (C=O) groups is 2. The van der Waals surface area contributed by atoms with E-state index in [0.29, 0.717) is 24.6 Å². The van der Waals surface area contributed by atoms with Crippen molar-refractivity contribution < 1.29 is 9.59 Å². The zero-order chi connectivity index (χ0) is 21.2. The Labute approximate surface area is 183 Å². The first-order chi connectivity index (χ1) is 14.6. The van der Waals surface area contributed by atoms with Crippen molar-refractivity contribution in [2.45, 2.75) is 37.0 Å². The summed E-state index contributed by atoms with van der Waals surface area (Å²) in [7, 11) is 1.86. The van der Waals surface area contributed by atoms with E-state index in [1.165, 1.54) is 0 Å². The van der Waals surface area contributed by atoms with Crippen LogP contribution in [0.4, 0.5) is 0 Å². The number of hydrogen-bond donors (Lipinski definition) is 0. The van der Waals surface area contributed by atoms with E-state index >= 15 is 0 Å². The summed E-state index contributed by atoms with van der Waals surface area (Å²) in [6.07, 6.45) is 6.07. The number of likely N-dealkylation sites (tertiary alicyclic amines) is 1. The number of benzene rings is 1. The van der Waals surface area contributed by atoms with Crippen molar-refractivity contribution in [1.82, 2.24) is 14.8 Å². The fourth-order valence-electron chi connectivity index (χ4n) is 3.75. The van der Waals surface area contributed by atoms with Crippen molar-refractivity contribution in [2.75, 3.05) is 32.4 Å². The molecule has 5 nitrogen and oxygen atoms in total. The maximum Gasteiger partial charge on any atom is 0.232 e. The van der Waals surface area contributed by atoms with Crippen LogP contribution < -0.4 is 0 Å². The smallest absolute Gasteiger partial charge is 0.232 e. The van der Waals surface area contributed by atoms with E-state index in [1.54, 1.807) is 22.9 Å². The van der Waals surface area contributed by atoms with Crippen LogP contribution in [0, 0.1) is 5.92 Å². The first-order valence-electron chi connectivity index (χ1n) is 10.7. The summed E-state index contributed by atoms with van der Waals surface area (Å²) in [5, 5.41) is 0. The van der Waals surface area contributed by atoms with E-state index in [2.05, 4.69) is 4.98 Å². The van der Waals surface area contributed by atoms with Crippen LogP contribution in [0.3, 0.4) is 0 Å². The normalized spacial score (nSPS) is 16.3. The molecule has 1 atom stereocenters. The van der Waals surface area contributed by atoms with Crippen LogP contribution in [-0.2, 0) is 16.0 Å². The number of hydrogen-bond acceptors (Lipinski definition) is 4. The Hall–Kier alpha value is -2.34. The number of thioether (sulfide) groups is 1. The molecule has 0 N–H and O–H groups in total. The van der Waals surface area contributed by atoms with Crippen LogP contribution in [0.2, 0.25) is 0 Å². The predicted octanol–water partition coefficient (Wildman–Crippen LogP) is 3.89. The van der Waals surface area contributed by atoms with Gasteiger partial charge in [0.25, 0.3) is 0 Å². The number of amides is 2. The molecule has 3 rings (SSSR count). The number of aromatic nitrogens is 1. The van der Waals surface area contributed by atoms with Crippen LogP contribution >= 0.6 is 11.8 Å². The first kappa shape index (κ1) is 22.3. The third-order valence-electron chi connectivity index (χ3n) is 5.60. The van der Waals surface area contributed by atoms with Gasteiger partial charge in [-0.3, -0.25) is 14.6 Å². The van der Waals surface area contributed by atoms with E-state index in [1.807, 2.05) is 60.5 Å². The second-order valence-electron chi connectivity index (χ2n) is 7.87. The highest BCUT2D eigenvalue weighted by atomic mass is 32.2. The Kier molecular flexibility index (Phi) is 8.75. The molecule has 1 aliphatic rings. The second kappa shape index (κ2) is 11.7. The quantitative estimate of drug-likeness (QED) is 0.572. The topological polar surface area (TPSA) is 53.5 Å². The lowest BCUT2D eigenvalue weighted by atomic mass is 9.93. The summed E-state index contributed by atoms with van der Waals surface area (Å²) in [6.45, 7) is 2.30. The Balaban J connectivity index is 1.37. The lowest BCUT2D eigenvalue weighted by Gasteiger charge is -2.33. The minimum atomic E-state index is 0.175. The highest BCUT2D eigenvalue weighted by Crippen LogP contribution is 2.23. The molecule has 1 aromatic carbocycles. The van der Waals surface area contributed by atoms with Gasteiger partial charge in [-0.25, -0.2) is 0 Å². The standard InChI is InChI=1S/C24H31N3O2S/c1-26(17-14-21-9-5-6-15-25-21)23(28)13-12-20-8-7-16-27(18-20)24(29)19-30-22-10-3-2-4-11-22/h2-6,9-11,15,20H,7-8,12-14,16-19H2,1H3/t20-/m1/s1. The van der Waals surface area contributed by atoms with Gasteiger partial charge in [-0.15, -0.1) is 11.8 Å². The fourth-order valence-corrected chi connectivity index (χ4v) is 4.57. The summed E-state index contributed by atoms with van der Waals surface area (Å²) in [5.41, 5.74) is 1.01. The van der Waals surface area contributed by atoms with Gasteiger partial charge in [-0.2, -0.15) is 0 Å². The van der Waals surface area contributed by atoms with Gasteiger partial charge in [0.05, 0.1) is 5.75 Å². The Morgan fingerprint density at radius 1 is 1.17 bits per heavy atom. The van der Waals surface area contributed by atoms with Crippen LogP contribution in [0.1, 0.15) is 31.4 Å². The summed E-state index contributed by atoms with van der Waals surface area (Å²) in [5.74, 6) is 1.27. The molecule has 1 aliphatic heterocycles. The largest absolute Gasteiger partial charge is 0.345 e. The molecule has 0 bridgehead atoms. The maximum atomic E-state index is 12.6. The molecule has 2 amide bonds. The zero-order valence-electron chi connectivity index (χ0n) is 17.7. The average Bonchev–Trinajstić information content (AvgIpc) is 2.81. The number of pyridine rings is 1. The lowest BCUT2D eigenvalue weighted by molar-refractivity contribution is -0.130. The van der Waals surface area contributed by atoms with E-state index in [0.717, 1.165) is 49.4 Å². The second-order valence-corrected chi connectivity index (χ2v) is 8.92. The van der Waals surface area contributed by atoms with Crippen LogP contribution in [0.25, 0.3) is 0 Å². The molecule has 30 heavy (non-hydrogen) atoms. The van der Waals surface area contributed by atoms with Crippen LogP contribution in [0.5, 0.6) is 0 Å². The summed E-state index contributed by atoms with van der Waals surface area (Å²) < 4.78 is 0. The minimum Gasteiger partial charge on any atom is -0.345 e. The highest BCUT2D eigenvalue weighted by Gasteiger charge is 2.24. The van der Waals surface area contributed by atoms with Gasteiger partial charge < -0.3 is 9.80 Å². The SMILES string of the molecule is CN(CCc1ccccn1)C(=O)CC[C@H]1CCCN(C(=O)CSc2ccccc2)C1.